The second-order valence-electron chi connectivity index (χ2n) is 19.7. The number of amides is 9. The number of carboxylic acids is 1. The van der Waals surface area contributed by atoms with E-state index >= 15 is 0 Å². The molecule has 0 spiro atoms. The first-order valence-corrected chi connectivity index (χ1v) is 29.4. The summed E-state index contributed by atoms with van der Waals surface area (Å²) in [5, 5.41) is 37.0. The van der Waals surface area contributed by atoms with Crippen molar-refractivity contribution in [1.29, 1.82) is 0 Å². The fraction of sp³-hybridized carbons (Fsp3) is 0.684. The first-order chi connectivity index (χ1) is 42.5. The largest absolute Gasteiger partial charge is 0.506 e. The molecule has 0 bridgehead atoms. The van der Waals surface area contributed by atoms with Crippen molar-refractivity contribution >= 4 is 64.8 Å². The van der Waals surface area contributed by atoms with Gasteiger partial charge in [0.25, 0.3) is 11.8 Å². The number of carboxylic acid groups (broad SMARTS) is 1. The van der Waals surface area contributed by atoms with Crippen molar-refractivity contribution in [1.82, 2.24) is 36.8 Å². The summed E-state index contributed by atoms with van der Waals surface area (Å²) in [4.78, 5) is 124. The van der Waals surface area contributed by atoms with Crippen molar-refractivity contribution < 1.29 is 106 Å². The number of ether oxygens (including phenoxy) is 10. The molecule has 31 heteroatoms. The lowest BCUT2D eigenvalue weighted by Crippen LogP contribution is -2.47. The highest BCUT2D eigenvalue weighted by Crippen LogP contribution is 2.25. The van der Waals surface area contributed by atoms with Crippen LogP contribution in [0, 0.1) is 5.92 Å². The maximum Gasteiger partial charge on any atom is 0.306 e. The molecule has 31 nitrogen and oxygen atoms in total. The molecule has 0 saturated heterocycles. The highest BCUT2D eigenvalue weighted by Gasteiger charge is 2.25. The Morgan fingerprint density at radius 2 is 1.01 bits per heavy atom. The molecule has 1 aromatic carbocycles. The topological polar surface area (TPSA) is 417 Å². The standard InChI is InChI=1S/C57H93N9O22/c1-42(57(77)78)35-44(58)36-43-10-11-47(67)46(37-43)65-52(72)40-63-51(71)39-62-50(70)38-61-48(68)8-5-15-60-56(76)45(64-49(69)9-6-16-66-54(74)12-13-55(66)75)7-3-4-14-59-53(73)41-88-34-33-87-32-31-86-30-29-85-28-27-84-26-25-83-24-23-82-22-21-81-20-19-80-18-17-79-2/h10-13,37,42,44-45,67H,3-9,14-36,38-41,58H2,1-2H3,(H,59,73)(H,60,76)(H,61,68)(H,62,70)(H,63,71)(H,64,69)(H,65,72)(H,77,78)/t42-,44+,45-/m0/s1. The molecule has 88 heavy (non-hydrogen) atoms. The number of nitrogens with one attached hydrogen (secondary N) is 7. The van der Waals surface area contributed by atoms with Gasteiger partial charge in [-0.05, 0) is 62.6 Å². The second-order valence-corrected chi connectivity index (χ2v) is 19.7. The summed E-state index contributed by atoms with van der Waals surface area (Å²) in [6, 6.07) is 2.93. The quantitative estimate of drug-likeness (QED) is 0.0188. The lowest BCUT2D eigenvalue weighted by atomic mass is 9.96. The summed E-state index contributed by atoms with van der Waals surface area (Å²) in [5.74, 6) is -6.86. The van der Waals surface area contributed by atoms with E-state index in [-0.39, 0.29) is 102 Å². The van der Waals surface area contributed by atoms with Crippen LogP contribution in [0.3, 0.4) is 0 Å². The van der Waals surface area contributed by atoms with E-state index < -0.39 is 90.9 Å². The third kappa shape index (κ3) is 40.6. The van der Waals surface area contributed by atoms with Crippen LogP contribution in [-0.4, -0.2) is 258 Å². The van der Waals surface area contributed by atoms with Crippen molar-refractivity contribution in [2.24, 2.45) is 11.7 Å². The molecule has 1 heterocycles. The minimum absolute atomic E-state index is 0.0151. The average molecular weight is 1260 g/mol. The molecular weight excluding hydrogens is 1160 g/mol. The van der Waals surface area contributed by atoms with Gasteiger partial charge in [-0.15, -0.1) is 0 Å². The molecule has 0 aliphatic carbocycles. The maximum atomic E-state index is 13.3. The van der Waals surface area contributed by atoms with Gasteiger partial charge in [0.1, 0.15) is 18.4 Å². The SMILES string of the molecule is COCCOCCOCCOCCOCCOCCOCCOCCOCCOCC(=O)NCCCC[C@H](NC(=O)CCCN1C(=O)C=CC1=O)C(=O)NCCCC(=O)NCC(=O)NCC(=O)NCC(=O)Nc1cc(C[C@H](N)C[C@H](C)C(=O)O)ccc1O. The summed E-state index contributed by atoms with van der Waals surface area (Å²) in [7, 11) is 1.62. The maximum absolute atomic E-state index is 13.3. The van der Waals surface area contributed by atoms with E-state index in [1.807, 2.05) is 0 Å². The summed E-state index contributed by atoms with van der Waals surface area (Å²) < 4.78 is 53.8. The highest BCUT2D eigenvalue weighted by atomic mass is 16.6. The van der Waals surface area contributed by atoms with Gasteiger partial charge in [-0.3, -0.25) is 52.8 Å². The fourth-order valence-electron chi connectivity index (χ4n) is 7.68. The average Bonchev–Trinajstić information content (AvgIpc) is 4.04. The van der Waals surface area contributed by atoms with Gasteiger partial charge < -0.3 is 101 Å². The van der Waals surface area contributed by atoms with Crippen LogP contribution in [-0.2, 0) is 102 Å². The van der Waals surface area contributed by atoms with Crippen molar-refractivity contribution in [2.45, 2.75) is 76.8 Å². The molecule has 0 fully saturated rings. The lowest BCUT2D eigenvalue weighted by Gasteiger charge is -2.19. The van der Waals surface area contributed by atoms with E-state index in [9.17, 15) is 53.1 Å². The first-order valence-electron chi connectivity index (χ1n) is 29.4. The summed E-state index contributed by atoms with van der Waals surface area (Å²) in [5.41, 5.74) is 6.76. The fourth-order valence-corrected chi connectivity index (χ4v) is 7.68. The van der Waals surface area contributed by atoms with Crippen molar-refractivity contribution in [3.63, 3.8) is 0 Å². The number of benzene rings is 1. The summed E-state index contributed by atoms with van der Waals surface area (Å²) in [6.07, 6.45) is 3.97. The van der Waals surface area contributed by atoms with Crippen LogP contribution < -0.4 is 43.0 Å². The van der Waals surface area contributed by atoms with E-state index in [0.717, 1.165) is 17.1 Å². The number of carbonyl (C=O) groups excluding carboxylic acids is 9. The minimum Gasteiger partial charge on any atom is -0.506 e. The van der Waals surface area contributed by atoms with Gasteiger partial charge >= 0.3 is 5.97 Å². The molecule has 3 atom stereocenters. The Kier molecular flexibility index (Phi) is 44.0. The number of rotatable bonds is 56. The Morgan fingerprint density at radius 1 is 0.545 bits per heavy atom. The Labute approximate surface area is 513 Å². The number of nitrogens with two attached hydrogens (primary N) is 1. The number of hydrogen-bond acceptors (Lipinski definition) is 22. The number of aliphatic carboxylic acids is 1. The predicted octanol–water partition coefficient (Wildman–Crippen LogP) is -2.17. The number of nitrogens with zero attached hydrogens (tertiary/aromatic N) is 1. The molecule has 2 rings (SSSR count). The lowest BCUT2D eigenvalue weighted by molar-refractivity contribution is -0.141. The normalized spacial score (nSPS) is 13.0. The Morgan fingerprint density at radius 3 is 1.52 bits per heavy atom. The molecule has 0 unspecified atom stereocenters. The zero-order chi connectivity index (χ0) is 64.4. The number of anilines is 1. The van der Waals surface area contributed by atoms with E-state index in [1.165, 1.54) is 12.1 Å². The number of unbranched alkanes of at least 4 members (excludes halogenated alkanes) is 1. The molecule has 0 radical (unpaired) electrons. The van der Waals surface area contributed by atoms with Crippen LogP contribution in [0.1, 0.15) is 63.9 Å². The van der Waals surface area contributed by atoms with Crippen LogP contribution in [0.15, 0.2) is 30.4 Å². The van der Waals surface area contributed by atoms with Crippen LogP contribution in [0.25, 0.3) is 0 Å². The zero-order valence-electron chi connectivity index (χ0n) is 50.7. The molecule has 0 saturated carbocycles. The van der Waals surface area contributed by atoms with Gasteiger partial charge in [-0.25, -0.2) is 0 Å². The second kappa shape index (κ2) is 50.1. The van der Waals surface area contributed by atoms with Crippen molar-refractivity contribution in [3.8, 4) is 5.75 Å². The number of phenolic OH excluding ortho intramolecular Hbond substituents is 1. The summed E-state index contributed by atoms with van der Waals surface area (Å²) >= 11 is 0. The third-order valence-electron chi connectivity index (χ3n) is 12.3. The minimum atomic E-state index is -0.990. The molecule has 11 N–H and O–H groups in total. The van der Waals surface area contributed by atoms with E-state index in [2.05, 4.69) is 37.2 Å². The Bertz CT molecular complexity index is 2250. The molecule has 1 aliphatic heterocycles. The van der Waals surface area contributed by atoms with Gasteiger partial charge in [-0.1, -0.05) is 13.0 Å². The van der Waals surface area contributed by atoms with Crippen LogP contribution in [0.5, 0.6) is 5.75 Å². The van der Waals surface area contributed by atoms with Crippen LogP contribution >= 0.6 is 0 Å². The van der Waals surface area contributed by atoms with Gasteiger partial charge in [0, 0.05) is 57.8 Å². The van der Waals surface area contributed by atoms with Gasteiger partial charge in [0.15, 0.2) is 0 Å². The predicted molar refractivity (Wildman–Crippen MR) is 314 cm³/mol. The third-order valence-corrected chi connectivity index (χ3v) is 12.3. The van der Waals surface area contributed by atoms with Gasteiger partial charge in [0.05, 0.1) is 150 Å². The molecule has 1 aromatic rings. The molecular formula is C57H93N9O22. The number of hydrogen-bond donors (Lipinski definition) is 10. The summed E-state index contributed by atoms with van der Waals surface area (Å²) in [6.45, 7) is 7.79. The molecule has 1 aliphatic rings. The van der Waals surface area contributed by atoms with Crippen LogP contribution in [0.2, 0.25) is 0 Å². The Hall–Kier alpha value is -6.78. The van der Waals surface area contributed by atoms with Crippen LogP contribution in [0.4, 0.5) is 5.69 Å². The number of aromatic hydroxyl groups is 1. The highest BCUT2D eigenvalue weighted by molar-refractivity contribution is 6.12. The van der Waals surface area contributed by atoms with Crippen molar-refractivity contribution in [3.05, 3.63) is 35.9 Å². The van der Waals surface area contributed by atoms with Gasteiger partial charge in [-0.2, -0.15) is 0 Å². The number of phenols is 1. The Balaban J connectivity index is 1.55. The van der Waals surface area contributed by atoms with Gasteiger partial charge in [0.2, 0.25) is 41.4 Å². The van der Waals surface area contributed by atoms with Crippen molar-refractivity contribution in [2.75, 3.05) is 177 Å². The first kappa shape index (κ1) is 77.3. The molecule has 9 amide bonds. The number of methoxy groups -OCH3 is 1. The zero-order valence-corrected chi connectivity index (χ0v) is 50.7. The molecule has 0 aromatic heterocycles. The number of imide groups is 1. The molecule has 498 valence electrons. The van der Waals surface area contributed by atoms with E-state index in [4.69, 9.17) is 58.2 Å². The smallest absolute Gasteiger partial charge is 0.306 e. The monoisotopic (exact) mass is 1260 g/mol. The van der Waals surface area contributed by atoms with E-state index in [0.29, 0.717) is 124 Å². The number of carbonyl (C=O) groups is 10. The van der Waals surface area contributed by atoms with E-state index in [1.54, 1.807) is 20.1 Å².